The number of para-hydroxylation sites is 8. The molecule has 0 aliphatic rings. The normalized spacial score (nSPS) is 10.1. The van der Waals surface area contributed by atoms with E-state index in [1.165, 1.54) is 72.8 Å². The van der Waals surface area contributed by atoms with Gasteiger partial charge in [0, 0.05) is 12.1 Å². The van der Waals surface area contributed by atoms with Gasteiger partial charge in [0.05, 0.1) is 32.6 Å². The fraction of sp³-hybridized carbons (Fsp3) is 0. The average molecular weight is 571 g/mol. The molecule has 42 heavy (non-hydrogen) atoms. The minimum atomic E-state index is -0.779. The second kappa shape index (κ2) is 13.0. The highest BCUT2D eigenvalue weighted by Crippen LogP contribution is 2.27. The van der Waals surface area contributed by atoms with E-state index < -0.39 is 27.9 Å². The van der Waals surface area contributed by atoms with Gasteiger partial charge < -0.3 is 31.9 Å². The van der Waals surface area contributed by atoms with Crippen LogP contribution < -0.4 is 31.9 Å². The zero-order chi connectivity index (χ0) is 30.1. The molecule has 0 radical (unpaired) electrons. The molecule has 4 aromatic rings. The fourth-order valence-electron chi connectivity index (χ4n) is 3.71. The topological polar surface area (TPSA) is 210 Å². The third-order valence-corrected chi connectivity index (χ3v) is 5.54. The molecule has 6 N–H and O–H groups in total. The Kier molecular flexibility index (Phi) is 8.84. The summed E-state index contributed by atoms with van der Waals surface area (Å²) < 4.78 is 0. The molecule has 0 fully saturated rings. The van der Waals surface area contributed by atoms with Crippen LogP contribution in [0.25, 0.3) is 0 Å². The third kappa shape index (κ3) is 7.32. The van der Waals surface area contributed by atoms with E-state index in [9.17, 15) is 34.6 Å². The molecule has 4 rings (SSSR count). The summed E-state index contributed by atoms with van der Waals surface area (Å²) in [6.45, 7) is 0. The summed E-state index contributed by atoms with van der Waals surface area (Å²) in [6.07, 6.45) is 0. The Morgan fingerprint density at radius 2 is 0.619 bits per heavy atom. The van der Waals surface area contributed by atoms with Crippen LogP contribution in [0, 0.1) is 20.2 Å². The van der Waals surface area contributed by atoms with Gasteiger partial charge in [0.2, 0.25) is 0 Å². The maximum atomic E-state index is 12.9. The van der Waals surface area contributed by atoms with Crippen molar-refractivity contribution >= 4 is 63.6 Å². The highest BCUT2D eigenvalue weighted by Gasteiger charge is 2.18. The molecular formula is C27H22N8O7. The number of hydrogen-bond acceptors (Lipinski definition) is 7. The maximum absolute atomic E-state index is 12.9. The summed E-state index contributed by atoms with van der Waals surface area (Å²) in [5.74, 6) is 0. The Morgan fingerprint density at radius 3 is 0.881 bits per heavy atom. The van der Waals surface area contributed by atoms with Gasteiger partial charge in [-0.3, -0.25) is 20.2 Å². The van der Waals surface area contributed by atoms with Crippen LogP contribution in [0.1, 0.15) is 0 Å². The lowest BCUT2D eigenvalue weighted by Crippen LogP contribution is -2.25. The van der Waals surface area contributed by atoms with E-state index in [0.29, 0.717) is 0 Å². The van der Waals surface area contributed by atoms with Crippen LogP contribution in [-0.2, 0) is 0 Å². The van der Waals surface area contributed by atoms with Gasteiger partial charge in [-0.2, -0.15) is 0 Å². The van der Waals surface area contributed by atoms with Crippen molar-refractivity contribution in [1.29, 1.82) is 0 Å². The number of amides is 6. The number of rotatable bonds is 8. The summed E-state index contributed by atoms with van der Waals surface area (Å²) in [4.78, 5) is 59.2. The number of nitro groups is 2. The number of urea groups is 3. The molecule has 0 bridgehead atoms. The van der Waals surface area contributed by atoms with Crippen molar-refractivity contribution in [3.05, 3.63) is 117 Å². The van der Waals surface area contributed by atoms with E-state index in [2.05, 4.69) is 31.9 Å². The third-order valence-electron chi connectivity index (χ3n) is 5.54. The highest BCUT2D eigenvalue weighted by molar-refractivity contribution is 6.09. The molecule has 212 valence electrons. The number of carbonyl (C=O) groups excluding carboxylic acids is 3. The highest BCUT2D eigenvalue weighted by atomic mass is 16.6. The number of anilines is 6. The van der Waals surface area contributed by atoms with Gasteiger partial charge in [-0.05, 0) is 36.4 Å². The number of nitrogens with one attached hydrogen (secondary N) is 6. The lowest BCUT2D eigenvalue weighted by atomic mass is 10.2. The van der Waals surface area contributed by atoms with Crippen LogP contribution in [-0.4, -0.2) is 27.9 Å². The summed E-state index contributed by atoms with van der Waals surface area (Å²) in [7, 11) is 0. The predicted octanol–water partition coefficient (Wildman–Crippen LogP) is 6.44. The molecule has 6 amide bonds. The van der Waals surface area contributed by atoms with Crippen molar-refractivity contribution in [2.45, 2.75) is 0 Å². The lowest BCUT2D eigenvalue weighted by Gasteiger charge is -2.15. The van der Waals surface area contributed by atoms with Crippen molar-refractivity contribution < 1.29 is 24.2 Å². The van der Waals surface area contributed by atoms with Gasteiger partial charge in [-0.15, -0.1) is 0 Å². The van der Waals surface area contributed by atoms with Crippen molar-refractivity contribution in [3.8, 4) is 0 Å². The molecule has 0 saturated carbocycles. The van der Waals surface area contributed by atoms with Gasteiger partial charge in [-0.1, -0.05) is 48.5 Å². The van der Waals surface area contributed by atoms with Crippen LogP contribution in [0.3, 0.4) is 0 Å². The smallest absolute Gasteiger partial charge is 0.306 e. The van der Waals surface area contributed by atoms with Crippen LogP contribution in [0.2, 0.25) is 0 Å². The quantitative estimate of drug-likeness (QED) is 0.103. The summed E-state index contributed by atoms with van der Waals surface area (Å²) >= 11 is 0. The molecule has 15 nitrogen and oxygen atoms in total. The van der Waals surface area contributed by atoms with Crippen LogP contribution >= 0.6 is 0 Å². The summed E-state index contributed by atoms with van der Waals surface area (Å²) in [5, 5.41) is 37.5. The molecule has 0 aromatic heterocycles. The molecule has 0 spiro atoms. The first kappa shape index (κ1) is 28.5. The number of nitro benzene ring substituents is 2. The van der Waals surface area contributed by atoms with Crippen LogP contribution in [0.4, 0.5) is 59.9 Å². The number of benzene rings is 4. The fourth-order valence-corrected chi connectivity index (χ4v) is 3.71. The van der Waals surface area contributed by atoms with Crippen molar-refractivity contribution in [2.75, 3.05) is 31.9 Å². The van der Waals surface area contributed by atoms with Crippen molar-refractivity contribution in [1.82, 2.24) is 0 Å². The second-order valence-corrected chi connectivity index (χ2v) is 8.38. The standard InChI is InChI=1S/C27H22N8O7/c36-25(28-17-9-1-3-11-19(17)30-26(37)32-21-13-5-7-15-23(21)34(39)40)29-18-10-2-4-12-20(18)31-27(38)33-22-14-6-8-16-24(22)35(41)42/h1-16H,(H2,28,29,36)(H2,30,32,37)(H2,31,33,38). The average Bonchev–Trinajstić information content (AvgIpc) is 2.95. The molecule has 0 saturated heterocycles. The van der Waals surface area contributed by atoms with Gasteiger partial charge >= 0.3 is 18.1 Å². The first-order valence-corrected chi connectivity index (χ1v) is 12.1. The Balaban J connectivity index is 1.41. The molecule has 15 heteroatoms. The molecule has 0 atom stereocenters. The Hall–Kier alpha value is -6.51. The monoisotopic (exact) mass is 570 g/mol. The SMILES string of the molecule is O=C(Nc1ccccc1NC(=O)Nc1ccccc1[N+](=O)[O-])Nc1ccccc1NC(=O)Nc1ccccc1[N+](=O)[O-]. The largest absolute Gasteiger partial charge is 0.323 e. The van der Waals surface area contributed by atoms with Gasteiger partial charge in [-0.25, -0.2) is 14.4 Å². The zero-order valence-electron chi connectivity index (χ0n) is 21.5. The minimum Gasteiger partial charge on any atom is -0.306 e. The number of carbonyl (C=O) groups is 3. The Bertz CT molecular complexity index is 1560. The van der Waals surface area contributed by atoms with E-state index in [0.717, 1.165) is 0 Å². The molecule has 0 aliphatic heterocycles. The van der Waals surface area contributed by atoms with Gasteiger partial charge in [0.15, 0.2) is 0 Å². The van der Waals surface area contributed by atoms with E-state index in [4.69, 9.17) is 0 Å². The number of hydrogen-bond donors (Lipinski definition) is 6. The Morgan fingerprint density at radius 1 is 0.405 bits per heavy atom. The Labute approximate surface area is 237 Å². The summed E-state index contributed by atoms with van der Waals surface area (Å²) in [6, 6.07) is 21.5. The first-order chi connectivity index (χ1) is 20.2. The minimum absolute atomic E-state index is 0.0156. The predicted molar refractivity (Wildman–Crippen MR) is 157 cm³/mol. The molecule has 4 aromatic carbocycles. The van der Waals surface area contributed by atoms with Crippen LogP contribution in [0.5, 0.6) is 0 Å². The molecular weight excluding hydrogens is 548 g/mol. The molecule has 0 aliphatic carbocycles. The zero-order valence-corrected chi connectivity index (χ0v) is 21.5. The maximum Gasteiger partial charge on any atom is 0.323 e. The molecule has 0 heterocycles. The van der Waals surface area contributed by atoms with E-state index >= 15 is 0 Å². The lowest BCUT2D eigenvalue weighted by molar-refractivity contribution is -0.384. The summed E-state index contributed by atoms with van der Waals surface area (Å²) in [5.41, 5.74) is 0.177. The van der Waals surface area contributed by atoms with E-state index in [-0.39, 0.29) is 45.5 Å². The second-order valence-electron chi connectivity index (χ2n) is 8.38. The van der Waals surface area contributed by atoms with E-state index in [1.54, 1.807) is 24.3 Å². The molecule has 0 unspecified atom stereocenters. The number of nitrogens with zero attached hydrogens (tertiary/aromatic N) is 2. The van der Waals surface area contributed by atoms with Crippen molar-refractivity contribution in [2.24, 2.45) is 0 Å². The van der Waals surface area contributed by atoms with Gasteiger partial charge in [0.25, 0.3) is 11.4 Å². The first-order valence-electron chi connectivity index (χ1n) is 12.1. The van der Waals surface area contributed by atoms with Crippen molar-refractivity contribution in [3.63, 3.8) is 0 Å². The van der Waals surface area contributed by atoms with E-state index in [1.807, 2.05) is 0 Å². The van der Waals surface area contributed by atoms with Gasteiger partial charge in [0.1, 0.15) is 11.4 Å². The van der Waals surface area contributed by atoms with Crippen LogP contribution in [0.15, 0.2) is 97.1 Å².